The van der Waals surface area contributed by atoms with Gasteiger partial charge in [-0.05, 0) is 6.92 Å². The van der Waals surface area contributed by atoms with Crippen LogP contribution < -0.4 is 5.32 Å². The molecule has 3 atom stereocenters. The van der Waals surface area contributed by atoms with Crippen molar-refractivity contribution in [1.29, 1.82) is 0 Å². The van der Waals surface area contributed by atoms with Crippen molar-refractivity contribution >= 4 is 17.8 Å². The highest BCUT2D eigenvalue weighted by molar-refractivity contribution is 5.91. The second kappa shape index (κ2) is 5.78. The Kier molecular flexibility index (Phi) is 4.75. The van der Waals surface area contributed by atoms with Crippen LogP contribution in [0.2, 0.25) is 0 Å². The molecule has 3 unspecified atom stereocenters. The minimum absolute atomic E-state index is 0.0149. The number of β-amino-alcohol motifs (C(OH)–C–C–N with tert-alkyl or cyclic N) is 1. The molecule has 1 aliphatic heterocycles. The fraction of sp³-hybridized carbons (Fsp3) is 0.769. The van der Waals surface area contributed by atoms with E-state index in [9.17, 15) is 19.5 Å². The van der Waals surface area contributed by atoms with Crippen LogP contribution >= 0.6 is 0 Å². The van der Waals surface area contributed by atoms with Crippen LogP contribution in [0.4, 0.5) is 0 Å². The molecule has 0 aromatic carbocycles. The number of rotatable bonds is 3. The maximum absolute atomic E-state index is 12.2. The number of nitrogens with one attached hydrogen (secondary N) is 1. The number of aliphatic hydroxyl groups is 1. The number of hydrogen-bond acceptors (Lipinski definition) is 4. The van der Waals surface area contributed by atoms with Gasteiger partial charge in [-0.3, -0.25) is 9.59 Å². The summed E-state index contributed by atoms with van der Waals surface area (Å²) in [5.74, 6) is -1.93. The Morgan fingerprint density at radius 1 is 1.30 bits per heavy atom. The zero-order chi connectivity index (χ0) is 15.7. The standard InChI is InChI=1S/C13H22N2O5/c1-7(14-12(20)13(2,3)4)10(17)15-6-8(16)5-9(15)11(18)19/h7-9,16H,5-6H2,1-4H3,(H,14,20)(H,18,19). The maximum Gasteiger partial charge on any atom is 0.326 e. The topological polar surface area (TPSA) is 107 Å². The first-order chi connectivity index (χ1) is 9.04. The van der Waals surface area contributed by atoms with Crippen molar-refractivity contribution < 1.29 is 24.6 Å². The summed E-state index contributed by atoms with van der Waals surface area (Å²) in [6.45, 7) is 6.65. The van der Waals surface area contributed by atoms with E-state index in [1.165, 1.54) is 6.92 Å². The number of likely N-dealkylation sites (tertiary alicyclic amines) is 1. The van der Waals surface area contributed by atoms with Gasteiger partial charge in [-0.15, -0.1) is 0 Å². The normalized spacial score (nSPS) is 24.4. The van der Waals surface area contributed by atoms with E-state index in [0.717, 1.165) is 4.90 Å². The van der Waals surface area contributed by atoms with Gasteiger partial charge in [0.25, 0.3) is 0 Å². The Bertz CT molecular complexity index is 415. The maximum atomic E-state index is 12.2. The van der Waals surface area contributed by atoms with Crippen LogP contribution in [0.15, 0.2) is 0 Å². The highest BCUT2D eigenvalue weighted by Crippen LogP contribution is 2.20. The highest BCUT2D eigenvalue weighted by Gasteiger charge is 2.40. The lowest BCUT2D eigenvalue weighted by Gasteiger charge is -2.27. The first-order valence-corrected chi connectivity index (χ1v) is 6.56. The van der Waals surface area contributed by atoms with E-state index in [2.05, 4.69) is 5.32 Å². The number of hydrogen-bond donors (Lipinski definition) is 3. The van der Waals surface area contributed by atoms with Crippen LogP contribution in [0, 0.1) is 5.41 Å². The van der Waals surface area contributed by atoms with Gasteiger partial charge in [0.15, 0.2) is 0 Å². The van der Waals surface area contributed by atoms with Crippen LogP contribution in [0.1, 0.15) is 34.1 Å². The molecular weight excluding hydrogens is 264 g/mol. The van der Waals surface area contributed by atoms with E-state index in [4.69, 9.17) is 5.11 Å². The number of nitrogens with zero attached hydrogens (tertiary/aromatic N) is 1. The number of carbonyl (C=O) groups excluding carboxylic acids is 2. The quantitative estimate of drug-likeness (QED) is 0.653. The monoisotopic (exact) mass is 286 g/mol. The predicted molar refractivity (Wildman–Crippen MR) is 70.8 cm³/mol. The van der Waals surface area contributed by atoms with Crippen LogP contribution in [0.5, 0.6) is 0 Å². The van der Waals surface area contributed by atoms with E-state index < -0.39 is 35.5 Å². The average Bonchev–Trinajstić information content (AvgIpc) is 2.69. The highest BCUT2D eigenvalue weighted by atomic mass is 16.4. The predicted octanol–water partition coefficient (Wildman–Crippen LogP) is -0.416. The molecule has 0 radical (unpaired) electrons. The van der Waals surface area contributed by atoms with Gasteiger partial charge in [-0.1, -0.05) is 20.8 Å². The molecule has 114 valence electrons. The molecule has 1 aliphatic rings. The molecule has 7 nitrogen and oxygen atoms in total. The lowest BCUT2D eigenvalue weighted by molar-refractivity contribution is -0.149. The lowest BCUT2D eigenvalue weighted by Crippen LogP contribution is -2.52. The fourth-order valence-corrected chi connectivity index (χ4v) is 2.02. The molecule has 3 N–H and O–H groups in total. The van der Waals surface area contributed by atoms with E-state index >= 15 is 0 Å². The smallest absolute Gasteiger partial charge is 0.326 e. The summed E-state index contributed by atoms with van der Waals surface area (Å²) in [4.78, 5) is 36.2. The minimum Gasteiger partial charge on any atom is -0.480 e. The van der Waals surface area contributed by atoms with Crippen molar-refractivity contribution in [1.82, 2.24) is 10.2 Å². The third-order valence-electron chi connectivity index (χ3n) is 3.25. The van der Waals surface area contributed by atoms with Gasteiger partial charge in [-0.25, -0.2) is 4.79 Å². The van der Waals surface area contributed by atoms with Crippen molar-refractivity contribution in [2.75, 3.05) is 6.54 Å². The molecular formula is C13H22N2O5. The van der Waals surface area contributed by atoms with Gasteiger partial charge in [0, 0.05) is 18.4 Å². The SMILES string of the molecule is CC(NC(=O)C(C)(C)C)C(=O)N1CC(O)CC1C(=O)O. The summed E-state index contributed by atoms with van der Waals surface area (Å²) in [6.07, 6.45) is -0.827. The van der Waals surface area contributed by atoms with Crippen LogP contribution in [-0.2, 0) is 14.4 Å². The van der Waals surface area contributed by atoms with Gasteiger partial charge in [0.1, 0.15) is 12.1 Å². The molecule has 1 rings (SSSR count). The van der Waals surface area contributed by atoms with E-state index in [0.29, 0.717) is 0 Å². The van der Waals surface area contributed by atoms with E-state index in [1.807, 2.05) is 0 Å². The van der Waals surface area contributed by atoms with Crippen LogP contribution in [-0.4, -0.2) is 57.6 Å². The Morgan fingerprint density at radius 3 is 2.30 bits per heavy atom. The number of amides is 2. The molecule has 0 spiro atoms. The number of aliphatic carboxylic acids is 1. The Balaban J connectivity index is 2.74. The third-order valence-corrected chi connectivity index (χ3v) is 3.25. The van der Waals surface area contributed by atoms with Gasteiger partial charge in [0.2, 0.25) is 11.8 Å². The second-order valence-corrected chi connectivity index (χ2v) is 6.18. The van der Waals surface area contributed by atoms with Crippen LogP contribution in [0.25, 0.3) is 0 Å². The fourth-order valence-electron chi connectivity index (χ4n) is 2.02. The summed E-state index contributed by atoms with van der Waals surface area (Å²) in [7, 11) is 0. The summed E-state index contributed by atoms with van der Waals surface area (Å²) in [6, 6.07) is -1.86. The number of carboxylic acids is 1. The molecule has 0 bridgehead atoms. The second-order valence-electron chi connectivity index (χ2n) is 6.18. The number of carbonyl (C=O) groups is 3. The molecule has 0 aliphatic carbocycles. The van der Waals surface area contributed by atoms with Crippen molar-refractivity contribution in [3.05, 3.63) is 0 Å². The van der Waals surface area contributed by atoms with Gasteiger partial charge >= 0.3 is 5.97 Å². The molecule has 1 saturated heterocycles. The molecule has 2 amide bonds. The van der Waals surface area contributed by atoms with Crippen molar-refractivity contribution in [3.63, 3.8) is 0 Å². The molecule has 0 aromatic rings. The molecule has 20 heavy (non-hydrogen) atoms. The number of aliphatic hydroxyl groups excluding tert-OH is 1. The molecule has 0 aromatic heterocycles. The van der Waals surface area contributed by atoms with E-state index in [-0.39, 0.29) is 18.9 Å². The Labute approximate surface area is 117 Å². The zero-order valence-electron chi connectivity index (χ0n) is 12.2. The third kappa shape index (κ3) is 3.69. The van der Waals surface area contributed by atoms with Crippen molar-refractivity contribution in [3.8, 4) is 0 Å². The minimum atomic E-state index is -1.15. The van der Waals surface area contributed by atoms with E-state index in [1.54, 1.807) is 20.8 Å². The van der Waals surface area contributed by atoms with Crippen LogP contribution in [0.3, 0.4) is 0 Å². The Morgan fingerprint density at radius 2 is 1.85 bits per heavy atom. The first kappa shape index (κ1) is 16.4. The molecule has 0 saturated carbocycles. The zero-order valence-corrected chi connectivity index (χ0v) is 12.2. The summed E-state index contributed by atoms with van der Waals surface area (Å²) in [5.41, 5.74) is -0.634. The van der Waals surface area contributed by atoms with Crippen molar-refractivity contribution in [2.24, 2.45) is 5.41 Å². The van der Waals surface area contributed by atoms with Gasteiger partial charge in [0.05, 0.1) is 6.10 Å². The first-order valence-electron chi connectivity index (χ1n) is 6.56. The Hall–Kier alpha value is -1.63. The molecule has 1 fully saturated rings. The number of carboxylic acid groups (broad SMARTS) is 1. The molecule has 7 heteroatoms. The van der Waals surface area contributed by atoms with Gasteiger partial charge < -0.3 is 20.4 Å². The largest absolute Gasteiger partial charge is 0.480 e. The van der Waals surface area contributed by atoms with Gasteiger partial charge in [-0.2, -0.15) is 0 Å². The summed E-state index contributed by atoms with van der Waals surface area (Å²) in [5, 5.41) is 21.1. The lowest BCUT2D eigenvalue weighted by atomic mass is 9.95. The summed E-state index contributed by atoms with van der Waals surface area (Å²) >= 11 is 0. The molecule has 1 heterocycles. The van der Waals surface area contributed by atoms with Crippen molar-refractivity contribution in [2.45, 2.75) is 52.3 Å². The average molecular weight is 286 g/mol. The summed E-state index contributed by atoms with van der Waals surface area (Å²) < 4.78 is 0.